The van der Waals surface area contributed by atoms with Crippen LogP contribution in [0.4, 0.5) is 5.69 Å². The van der Waals surface area contributed by atoms with Crippen molar-refractivity contribution in [2.75, 3.05) is 12.4 Å². The normalized spacial score (nSPS) is 20.1. The summed E-state index contributed by atoms with van der Waals surface area (Å²) in [5.41, 5.74) is 1.13. The number of benzene rings is 1. The van der Waals surface area contributed by atoms with E-state index in [1.165, 1.54) is 38.5 Å². The topological polar surface area (TPSA) is 33.3 Å². The first-order valence-corrected chi connectivity index (χ1v) is 8.34. The maximum atomic E-state index is 6.14. The second kappa shape index (κ2) is 6.01. The Hall–Kier alpha value is -1.00. The quantitative estimate of drug-likeness (QED) is 0.806. The van der Waals surface area contributed by atoms with Gasteiger partial charge >= 0.3 is 0 Å². The van der Waals surface area contributed by atoms with Crippen LogP contribution in [0, 0.1) is 5.92 Å². The van der Waals surface area contributed by atoms with Gasteiger partial charge < -0.3 is 15.4 Å². The highest BCUT2D eigenvalue weighted by Crippen LogP contribution is 2.48. The third-order valence-electron chi connectivity index (χ3n) is 4.63. The minimum atomic E-state index is 0.236. The van der Waals surface area contributed by atoms with Gasteiger partial charge in [0.05, 0.1) is 12.1 Å². The Bertz CT molecular complexity index is 539. The molecular weight excluding hydrogens is 304 g/mol. The van der Waals surface area contributed by atoms with E-state index in [0.717, 1.165) is 11.6 Å². The summed E-state index contributed by atoms with van der Waals surface area (Å²) in [6.07, 6.45) is 7.76. The fourth-order valence-electron chi connectivity index (χ4n) is 3.41. The smallest absolute Gasteiger partial charge is 0.171 e. The van der Waals surface area contributed by atoms with Crippen molar-refractivity contribution in [2.24, 2.45) is 5.92 Å². The van der Waals surface area contributed by atoms with Crippen molar-refractivity contribution in [3.8, 4) is 5.75 Å². The standard InChI is InChI=1S/C16H21ClN2OS/c1-20-14-7-6-12(10-13(14)17)18-15(21)19-16(11-4-5-11)8-2-3-9-16/h6-7,10-11H,2-5,8-9H2,1H3,(H2,18,19,21). The highest BCUT2D eigenvalue weighted by atomic mass is 35.5. The molecule has 1 aromatic rings. The van der Waals surface area contributed by atoms with Crippen LogP contribution < -0.4 is 15.4 Å². The molecule has 3 nitrogen and oxygen atoms in total. The van der Waals surface area contributed by atoms with E-state index in [2.05, 4.69) is 10.6 Å². The molecule has 2 N–H and O–H groups in total. The van der Waals surface area contributed by atoms with Crippen LogP contribution in [0.2, 0.25) is 5.02 Å². The Balaban J connectivity index is 1.64. The van der Waals surface area contributed by atoms with Gasteiger partial charge in [0, 0.05) is 11.2 Å². The number of hydrogen-bond donors (Lipinski definition) is 2. The maximum absolute atomic E-state index is 6.14. The molecule has 1 aromatic carbocycles. The Kier molecular flexibility index (Phi) is 4.27. The molecule has 2 saturated carbocycles. The summed E-state index contributed by atoms with van der Waals surface area (Å²) in [7, 11) is 1.61. The molecule has 0 heterocycles. The van der Waals surface area contributed by atoms with Crippen molar-refractivity contribution in [3.63, 3.8) is 0 Å². The molecule has 0 spiro atoms. The lowest BCUT2D eigenvalue weighted by Crippen LogP contribution is -2.49. The fraction of sp³-hybridized carbons (Fsp3) is 0.562. The average molecular weight is 325 g/mol. The average Bonchev–Trinajstić information content (AvgIpc) is 3.21. The van der Waals surface area contributed by atoms with E-state index >= 15 is 0 Å². The van der Waals surface area contributed by atoms with Gasteiger partial charge in [-0.1, -0.05) is 24.4 Å². The summed E-state index contributed by atoms with van der Waals surface area (Å²) in [5.74, 6) is 1.48. The van der Waals surface area contributed by atoms with Crippen LogP contribution in [-0.2, 0) is 0 Å². The van der Waals surface area contributed by atoms with E-state index in [1.54, 1.807) is 7.11 Å². The molecule has 2 aliphatic carbocycles. The van der Waals surface area contributed by atoms with E-state index in [9.17, 15) is 0 Å². The number of hydrogen-bond acceptors (Lipinski definition) is 2. The largest absolute Gasteiger partial charge is 0.495 e. The third kappa shape index (κ3) is 3.27. The lowest BCUT2D eigenvalue weighted by molar-refractivity contribution is 0.340. The molecule has 21 heavy (non-hydrogen) atoms. The second-order valence-corrected chi connectivity index (χ2v) is 6.88. The van der Waals surface area contributed by atoms with Crippen LogP contribution in [0.5, 0.6) is 5.75 Å². The molecule has 0 atom stereocenters. The van der Waals surface area contributed by atoms with Crippen molar-refractivity contribution in [3.05, 3.63) is 23.2 Å². The second-order valence-electron chi connectivity index (χ2n) is 6.07. The van der Waals surface area contributed by atoms with Crippen LogP contribution in [0.3, 0.4) is 0 Å². The van der Waals surface area contributed by atoms with Gasteiger partial charge in [-0.15, -0.1) is 0 Å². The number of ether oxygens (including phenoxy) is 1. The molecule has 0 aliphatic heterocycles. The van der Waals surface area contributed by atoms with Crippen molar-refractivity contribution in [1.82, 2.24) is 5.32 Å². The van der Waals surface area contributed by atoms with Gasteiger partial charge in [-0.05, 0) is 62.0 Å². The van der Waals surface area contributed by atoms with E-state index in [0.29, 0.717) is 15.9 Å². The SMILES string of the molecule is COc1ccc(NC(=S)NC2(C3CC3)CCCC2)cc1Cl. The molecule has 0 unspecified atom stereocenters. The number of nitrogens with one attached hydrogen (secondary N) is 2. The van der Waals surface area contributed by atoms with Crippen LogP contribution in [-0.4, -0.2) is 17.8 Å². The Morgan fingerprint density at radius 1 is 1.33 bits per heavy atom. The van der Waals surface area contributed by atoms with Gasteiger partial charge in [-0.25, -0.2) is 0 Å². The van der Waals surface area contributed by atoms with Crippen molar-refractivity contribution in [2.45, 2.75) is 44.1 Å². The number of rotatable bonds is 4. The molecule has 2 fully saturated rings. The Morgan fingerprint density at radius 3 is 2.62 bits per heavy atom. The molecule has 114 valence electrons. The Labute approximate surface area is 136 Å². The molecular formula is C16H21ClN2OS. The summed E-state index contributed by atoms with van der Waals surface area (Å²) in [6, 6.07) is 5.61. The van der Waals surface area contributed by atoms with Crippen LogP contribution >= 0.6 is 23.8 Å². The Morgan fingerprint density at radius 2 is 2.05 bits per heavy atom. The fourth-order valence-corrected chi connectivity index (χ4v) is 3.99. The highest BCUT2D eigenvalue weighted by molar-refractivity contribution is 7.80. The van der Waals surface area contributed by atoms with Crippen LogP contribution in [0.1, 0.15) is 38.5 Å². The first-order chi connectivity index (χ1) is 10.1. The zero-order chi connectivity index (χ0) is 14.9. The monoisotopic (exact) mass is 324 g/mol. The molecule has 0 bridgehead atoms. The van der Waals surface area contributed by atoms with Gasteiger partial charge in [0.15, 0.2) is 5.11 Å². The first-order valence-electron chi connectivity index (χ1n) is 7.56. The van der Waals surface area contributed by atoms with Crippen molar-refractivity contribution < 1.29 is 4.74 Å². The summed E-state index contributed by atoms with van der Waals surface area (Å²) in [5, 5.41) is 8.13. The molecule has 0 aromatic heterocycles. The van der Waals surface area contributed by atoms with Crippen molar-refractivity contribution >= 4 is 34.6 Å². The maximum Gasteiger partial charge on any atom is 0.171 e. The van der Waals surface area contributed by atoms with Crippen molar-refractivity contribution in [1.29, 1.82) is 0 Å². The summed E-state index contributed by atoms with van der Waals surface area (Å²) < 4.78 is 5.16. The zero-order valence-electron chi connectivity index (χ0n) is 12.2. The molecule has 0 saturated heterocycles. The van der Waals surface area contributed by atoms with E-state index in [-0.39, 0.29) is 5.54 Å². The summed E-state index contributed by atoms with van der Waals surface area (Å²) in [6.45, 7) is 0. The number of methoxy groups -OCH3 is 1. The molecule has 3 rings (SSSR count). The van der Waals surface area contributed by atoms with Gasteiger partial charge in [-0.2, -0.15) is 0 Å². The molecule has 2 aliphatic rings. The van der Waals surface area contributed by atoms with Gasteiger partial charge in [0.1, 0.15) is 5.75 Å². The summed E-state index contributed by atoms with van der Waals surface area (Å²) >= 11 is 11.6. The van der Waals surface area contributed by atoms with Crippen LogP contribution in [0.25, 0.3) is 0 Å². The zero-order valence-corrected chi connectivity index (χ0v) is 13.8. The molecule has 0 amide bonds. The number of anilines is 1. The predicted molar refractivity (Wildman–Crippen MR) is 91.3 cm³/mol. The minimum Gasteiger partial charge on any atom is -0.495 e. The van der Waals surface area contributed by atoms with E-state index in [1.807, 2.05) is 18.2 Å². The minimum absolute atomic E-state index is 0.236. The van der Waals surface area contributed by atoms with Gasteiger partial charge in [-0.3, -0.25) is 0 Å². The first kappa shape index (κ1) is 14.9. The van der Waals surface area contributed by atoms with Crippen LogP contribution in [0.15, 0.2) is 18.2 Å². The van der Waals surface area contributed by atoms with E-state index < -0.39 is 0 Å². The number of halogens is 1. The van der Waals surface area contributed by atoms with E-state index in [4.69, 9.17) is 28.6 Å². The lowest BCUT2D eigenvalue weighted by atomic mass is 9.91. The summed E-state index contributed by atoms with van der Waals surface area (Å²) in [4.78, 5) is 0. The van der Waals surface area contributed by atoms with Gasteiger partial charge in [0.25, 0.3) is 0 Å². The highest BCUT2D eigenvalue weighted by Gasteiger charge is 2.47. The molecule has 0 radical (unpaired) electrons. The third-order valence-corrected chi connectivity index (χ3v) is 5.13. The predicted octanol–water partition coefficient (Wildman–Crippen LogP) is 4.36. The molecule has 5 heteroatoms. The van der Waals surface area contributed by atoms with Gasteiger partial charge in [0.2, 0.25) is 0 Å². The number of thiocarbonyl (C=S) groups is 1. The lowest BCUT2D eigenvalue weighted by Gasteiger charge is -2.32.